The van der Waals surface area contributed by atoms with Crippen molar-refractivity contribution in [1.29, 1.82) is 0 Å². The van der Waals surface area contributed by atoms with Crippen LogP contribution in [0.4, 0.5) is 5.82 Å². The summed E-state index contributed by atoms with van der Waals surface area (Å²) in [7, 11) is 3.22. The molecule has 2 N–H and O–H groups in total. The molecule has 1 unspecified atom stereocenters. The molecule has 1 aromatic rings. The Morgan fingerprint density at radius 2 is 2.16 bits per heavy atom. The van der Waals surface area contributed by atoms with Gasteiger partial charge in [0.1, 0.15) is 5.82 Å². The Bertz CT molecular complexity index is 395. The number of nitrogens with zero attached hydrogens (tertiary/aromatic N) is 2. The van der Waals surface area contributed by atoms with Gasteiger partial charge in [-0.3, -0.25) is 4.79 Å². The minimum Gasteiger partial charge on any atom is -0.384 e. The first-order valence-corrected chi connectivity index (χ1v) is 6.10. The zero-order valence-electron chi connectivity index (χ0n) is 11.6. The largest absolute Gasteiger partial charge is 0.384 e. The summed E-state index contributed by atoms with van der Waals surface area (Å²) >= 11 is 0. The van der Waals surface area contributed by atoms with Crippen molar-refractivity contribution in [2.24, 2.45) is 0 Å². The summed E-state index contributed by atoms with van der Waals surface area (Å²) in [5.74, 6) is 0.291. The second kappa shape index (κ2) is 7.70. The van der Waals surface area contributed by atoms with E-state index >= 15 is 0 Å². The highest BCUT2D eigenvalue weighted by atomic mass is 16.5. The Morgan fingerprint density at radius 1 is 1.42 bits per heavy atom. The fourth-order valence-electron chi connectivity index (χ4n) is 1.74. The van der Waals surface area contributed by atoms with Crippen LogP contribution in [0.1, 0.15) is 17.3 Å². The van der Waals surface area contributed by atoms with E-state index in [-0.39, 0.29) is 11.9 Å². The lowest BCUT2D eigenvalue weighted by molar-refractivity contribution is 0.0479. The minimum atomic E-state index is -0.103. The number of nitrogens with two attached hydrogens (primary N) is 1. The summed E-state index contributed by atoms with van der Waals surface area (Å²) in [6, 6.07) is 3.25. The highest BCUT2D eigenvalue weighted by molar-refractivity contribution is 5.94. The number of aromatic nitrogens is 1. The van der Waals surface area contributed by atoms with E-state index in [0.29, 0.717) is 31.1 Å². The van der Waals surface area contributed by atoms with Crippen molar-refractivity contribution >= 4 is 11.7 Å². The van der Waals surface area contributed by atoms with Crippen molar-refractivity contribution in [3.63, 3.8) is 0 Å². The van der Waals surface area contributed by atoms with E-state index in [2.05, 4.69) is 4.98 Å². The summed E-state index contributed by atoms with van der Waals surface area (Å²) < 4.78 is 10.1. The summed E-state index contributed by atoms with van der Waals surface area (Å²) in [5.41, 5.74) is 6.02. The van der Waals surface area contributed by atoms with Crippen LogP contribution >= 0.6 is 0 Å². The van der Waals surface area contributed by atoms with E-state index in [0.717, 1.165) is 0 Å². The van der Waals surface area contributed by atoms with Gasteiger partial charge in [0.05, 0.1) is 24.8 Å². The molecule has 0 radical (unpaired) electrons. The van der Waals surface area contributed by atoms with Gasteiger partial charge in [-0.05, 0) is 19.1 Å². The van der Waals surface area contributed by atoms with Gasteiger partial charge in [0, 0.05) is 27.0 Å². The van der Waals surface area contributed by atoms with Crippen LogP contribution in [0, 0.1) is 0 Å². The Morgan fingerprint density at radius 3 is 2.68 bits per heavy atom. The lowest BCUT2D eigenvalue weighted by Gasteiger charge is -2.28. The van der Waals surface area contributed by atoms with Gasteiger partial charge < -0.3 is 20.1 Å². The monoisotopic (exact) mass is 267 g/mol. The van der Waals surface area contributed by atoms with E-state index in [1.54, 1.807) is 31.3 Å². The molecule has 0 spiro atoms. The maximum absolute atomic E-state index is 12.4. The predicted octanol–water partition coefficient (Wildman–Crippen LogP) is 0.787. The van der Waals surface area contributed by atoms with Crippen molar-refractivity contribution in [3.05, 3.63) is 23.9 Å². The molecule has 1 atom stereocenters. The Balaban J connectivity index is 2.83. The Hall–Kier alpha value is -1.66. The number of methoxy groups -OCH3 is 2. The molecular weight excluding hydrogens is 246 g/mol. The fourth-order valence-corrected chi connectivity index (χ4v) is 1.74. The zero-order chi connectivity index (χ0) is 14.3. The van der Waals surface area contributed by atoms with Gasteiger partial charge >= 0.3 is 0 Å². The van der Waals surface area contributed by atoms with Crippen LogP contribution < -0.4 is 5.73 Å². The van der Waals surface area contributed by atoms with E-state index in [9.17, 15) is 4.79 Å². The van der Waals surface area contributed by atoms with Crippen LogP contribution in [0.5, 0.6) is 0 Å². The molecule has 1 heterocycles. The zero-order valence-corrected chi connectivity index (χ0v) is 11.6. The van der Waals surface area contributed by atoms with Gasteiger partial charge in [-0.25, -0.2) is 4.98 Å². The van der Waals surface area contributed by atoms with Crippen molar-refractivity contribution in [2.45, 2.75) is 13.0 Å². The van der Waals surface area contributed by atoms with E-state index < -0.39 is 0 Å². The molecule has 6 nitrogen and oxygen atoms in total. The molecule has 0 fully saturated rings. The molecule has 0 aliphatic rings. The van der Waals surface area contributed by atoms with Crippen LogP contribution in [-0.4, -0.2) is 55.8 Å². The van der Waals surface area contributed by atoms with Crippen molar-refractivity contribution < 1.29 is 14.3 Å². The second-order valence-corrected chi connectivity index (χ2v) is 4.27. The number of nitrogen functional groups attached to an aromatic ring is 1. The number of amides is 1. The minimum absolute atomic E-state index is 0.0368. The lowest BCUT2D eigenvalue weighted by Crippen LogP contribution is -2.43. The first-order valence-electron chi connectivity index (χ1n) is 6.10. The summed E-state index contributed by atoms with van der Waals surface area (Å²) in [6.45, 7) is 3.38. The standard InChI is InChI=1S/C13H21N3O3/c1-10(9-19-3)16(6-7-18-2)13(17)11-4-5-12(14)15-8-11/h4-5,8,10H,6-7,9H2,1-3H3,(H2,14,15). The van der Waals surface area contributed by atoms with Gasteiger partial charge in [0.2, 0.25) is 0 Å². The van der Waals surface area contributed by atoms with Gasteiger partial charge in [-0.15, -0.1) is 0 Å². The maximum atomic E-state index is 12.4. The normalized spacial score (nSPS) is 12.2. The van der Waals surface area contributed by atoms with Gasteiger partial charge in [0.25, 0.3) is 5.91 Å². The number of hydrogen-bond donors (Lipinski definition) is 1. The van der Waals surface area contributed by atoms with Crippen LogP contribution in [0.3, 0.4) is 0 Å². The lowest BCUT2D eigenvalue weighted by atomic mass is 10.2. The van der Waals surface area contributed by atoms with E-state index in [4.69, 9.17) is 15.2 Å². The van der Waals surface area contributed by atoms with Crippen LogP contribution in [0.15, 0.2) is 18.3 Å². The Labute approximate surface area is 113 Å². The smallest absolute Gasteiger partial charge is 0.255 e. The number of rotatable bonds is 7. The maximum Gasteiger partial charge on any atom is 0.255 e. The molecule has 0 aromatic carbocycles. The molecular formula is C13H21N3O3. The SMILES string of the molecule is COCCN(C(=O)c1ccc(N)nc1)C(C)COC. The molecule has 19 heavy (non-hydrogen) atoms. The number of carbonyl (C=O) groups excluding carboxylic acids is 1. The van der Waals surface area contributed by atoms with Gasteiger partial charge in [-0.1, -0.05) is 0 Å². The number of hydrogen-bond acceptors (Lipinski definition) is 5. The average Bonchev–Trinajstić information content (AvgIpc) is 2.40. The second-order valence-electron chi connectivity index (χ2n) is 4.27. The third-order valence-corrected chi connectivity index (χ3v) is 2.77. The van der Waals surface area contributed by atoms with Gasteiger partial charge in [0.15, 0.2) is 0 Å². The molecule has 0 aliphatic carbocycles. The van der Waals surface area contributed by atoms with Crippen molar-refractivity contribution in [1.82, 2.24) is 9.88 Å². The topological polar surface area (TPSA) is 77.7 Å². The summed E-state index contributed by atoms with van der Waals surface area (Å²) in [5, 5.41) is 0. The molecule has 1 aromatic heterocycles. The van der Waals surface area contributed by atoms with Crippen LogP contribution in [0.2, 0.25) is 0 Å². The van der Waals surface area contributed by atoms with Gasteiger partial charge in [-0.2, -0.15) is 0 Å². The third kappa shape index (κ3) is 4.50. The quantitative estimate of drug-likeness (QED) is 0.790. The molecule has 0 bridgehead atoms. The van der Waals surface area contributed by atoms with Crippen molar-refractivity contribution in [2.75, 3.05) is 39.7 Å². The van der Waals surface area contributed by atoms with Crippen molar-refractivity contribution in [3.8, 4) is 0 Å². The molecule has 106 valence electrons. The average molecular weight is 267 g/mol. The van der Waals surface area contributed by atoms with E-state index in [1.807, 2.05) is 6.92 Å². The first-order chi connectivity index (χ1) is 9.10. The highest BCUT2D eigenvalue weighted by Gasteiger charge is 2.21. The Kier molecular flexibility index (Phi) is 6.24. The highest BCUT2D eigenvalue weighted by Crippen LogP contribution is 2.09. The number of anilines is 1. The number of pyridine rings is 1. The molecule has 1 rings (SSSR count). The number of carbonyl (C=O) groups is 1. The molecule has 0 saturated heterocycles. The molecule has 0 aliphatic heterocycles. The molecule has 6 heteroatoms. The van der Waals surface area contributed by atoms with E-state index in [1.165, 1.54) is 6.20 Å². The summed E-state index contributed by atoms with van der Waals surface area (Å²) in [6.07, 6.45) is 1.48. The molecule has 1 amide bonds. The summed E-state index contributed by atoms with van der Waals surface area (Å²) in [4.78, 5) is 18.1. The van der Waals surface area contributed by atoms with Crippen LogP contribution in [0.25, 0.3) is 0 Å². The van der Waals surface area contributed by atoms with Crippen LogP contribution in [-0.2, 0) is 9.47 Å². The number of ether oxygens (including phenoxy) is 2. The third-order valence-electron chi connectivity index (χ3n) is 2.77. The first kappa shape index (κ1) is 15.4. The molecule has 0 saturated carbocycles. The predicted molar refractivity (Wildman–Crippen MR) is 72.9 cm³/mol. The fraction of sp³-hybridized carbons (Fsp3) is 0.538.